The topological polar surface area (TPSA) is 46.5 Å². The van der Waals surface area contributed by atoms with Crippen molar-refractivity contribution < 1.29 is 9.59 Å². The van der Waals surface area contributed by atoms with Crippen LogP contribution in [0.4, 0.5) is 0 Å². The van der Waals surface area contributed by atoms with E-state index in [1.165, 1.54) is 4.90 Å². The first-order valence-electron chi connectivity index (χ1n) is 12.9. The van der Waals surface area contributed by atoms with Crippen LogP contribution in [0.25, 0.3) is 0 Å². The van der Waals surface area contributed by atoms with E-state index >= 15 is 0 Å². The number of hydrogen-bond acceptors (Lipinski definition) is 5. The summed E-state index contributed by atoms with van der Waals surface area (Å²) in [5.41, 5.74) is 3.50. The largest absolute Gasteiger partial charge is 0.300 e. The molecule has 0 fully saturated rings. The summed E-state index contributed by atoms with van der Waals surface area (Å²) in [6, 6.07) is 33.4. The standard InChI is InChI=1S/C33H30ClNO2S2/c1-24(36)21-22-35-32(8-5-23-38-29-19-13-28(34)14-20-29)25-9-15-30(16-10-25)39-31-17-11-27(12-18-31)33(37)26-6-3-2-4-7-26/h2-4,6-7,9-20H,5,8,21-23H2,1H3/b35-32+. The van der Waals surface area contributed by atoms with Gasteiger partial charge in [-0.2, -0.15) is 0 Å². The van der Waals surface area contributed by atoms with Gasteiger partial charge in [-0.05, 0) is 91.7 Å². The first-order valence-corrected chi connectivity index (χ1v) is 15.1. The Balaban J connectivity index is 1.36. The molecule has 0 spiro atoms. The maximum absolute atomic E-state index is 12.7. The average molecular weight is 572 g/mol. The molecule has 3 nitrogen and oxygen atoms in total. The smallest absolute Gasteiger partial charge is 0.193 e. The van der Waals surface area contributed by atoms with Gasteiger partial charge in [0.1, 0.15) is 5.78 Å². The predicted octanol–water partition coefficient (Wildman–Crippen LogP) is 9.06. The van der Waals surface area contributed by atoms with E-state index in [2.05, 4.69) is 24.3 Å². The number of carbonyl (C=O) groups is 2. The minimum Gasteiger partial charge on any atom is -0.300 e. The minimum atomic E-state index is 0.0275. The molecule has 0 heterocycles. The number of hydrogen-bond donors (Lipinski definition) is 0. The fourth-order valence-electron chi connectivity index (χ4n) is 3.91. The summed E-state index contributed by atoms with van der Waals surface area (Å²) in [5.74, 6) is 1.16. The molecular weight excluding hydrogens is 542 g/mol. The van der Waals surface area contributed by atoms with Crippen molar-refractivity contribution in [3.63, 3.8) is 0 Å². The minimum absolute atomic E-state index is 0.0275. The lowest BCUT2D eigenvalue weighted by Gasteiger charge is -2.09. The Kier molecular flexibility index (Phi) is 11.0. The molecule has 0 aliphatic carbocycles. The lowest BCUT2D eigenvalue weighted by Crippen LogP contribution is -2.05. The highest BCUT2D eigenvalue weighted by atomic mass is 35.5. The van der Waals surface area contributed by atoms with Gasteiger partial charge in [0.15, 0.2) is 5.78 Å². The number of carbonyl (C=O) groups excluding carboxylic acids is 2. The van der Waals surface area contributed by atoms with E-state index < -0.39 is 0 Å². The fourth-order valence-corrected chi connectivity index (χ4v) is 5.70. The van der Waals surface area contributed by atoms with Crippen molar-refractivity contribution in [2.24, 2.45) is 4.99 Å². The Bertz CT molecular complexity index is 1400. The molecule has 0 aliphatic heterocycles. The Morgan fingerprint density at radius 1 is 0.692 bits per heavy atom. The highest BCUT2D eigenvalue weighted by Crippen LogP contribution is 2.29. The molecule has 0 bridgehead atoms. The molecule has 4 rings (SSSR count). The van der Waals surface area contributed by atoms with Gasteiger partial charge in [-0.25, -0.2) is 0 Å². The number of ketones is 2. The summed E-state index contributed by atoms with van der Waals surface area (Å²) in [6.07, 6.45) is 2.29. The third-order valence-electron chi connectivity index (χ3n) is 5.98. The SMILES string of the molecule is CC(=O)CC/N=C(\CCCSc1ccc(Cl)cc1)c1ccc(Sc2ccc(C(=O)c3ccccc3)cc2)cc1. The van der Waals surface area contributed by atoms with E-state index in [4.69, 9.17) is 16.6 Å². The number of rotatable bonds is 13. The predicted molar refractivity (Wildman–Crippen MR) is 165 cm³/mol. The molecule has 0 aliphatic rings. The van der Waals surface area contributed by atoms with Crippen molar-refractivity contribution in [2.75, 3.05) is 12.3 Å². The van der Waals surface area contributed by atoms with Crippen LogP contribution >= 0.6 is 35.1 Å². The van der Waals surface area contributed by atoms with Crippen molar-refractivity contribution in [2.45, 2.75) is 40.9 Å². The summed E-state index contributed by atoms with van der Waals surface area (Å²) in [5, 5.41) is 0.746. The first kappa shape index (κ1) is 28.9. The zero-order valence-corrected chi connectivity index (χ0v) is 24.2. The number of nitrogens with zero attached hydrogens (tertiary/aromatic N) is 1. The summed E-state index contributed by atoms with van der Waals surface area (Å²) in [4.78, 5) is 32.3. The maximum Gasteiger partial charge on any atom is 0.193 e. The molecule has 0 N–H and O–H groups in total. The number of benzene rings is 4. The zero-order chi connectivity index (χ0) is 27.5. The molecule has 0 aromatic heterocycles. The number of halogens is 1. The molecule has 0 amide bonds. The second kappa shape index (κ2) is 14.9. The molecule has 0 saturated carbocycles. The van der Waals surface area contributed by atoms with E-state index in [0.29, 0.717) is 24.1 Å². The Morgan fingerprint density at radius 3 is 1.87 bits per heavy atom. The first-order chi connectivity index (χ1) is 19.0. The summed E-state index contributed by atoms with van der Waals surface area (Å²) < 4.78 is 0. The van der Waals surface area contributed by atoms with E-state index in [-0.39, 0.29) is 11.6 Å². The number of thioether (sulfide) groups is 1. The van der Waals surface area contributed by atoms with Crippen molar-refractivity contribution >= 4 is 52.4 Å². The van der Waals surface area contributed by atoms with E-state index in [1.807, 2.05) is 90.6 Å². The van der Waals surface area contributed by atoms with Crippen molar-refractivity contribution in [3.8, 4) is 0 Å². The van der Waals surface area contributed by atoms with Crippen molar-refractivity contribution in [1.82, 2.24) is 0 Å². The molecule has 39 heavy (non-hydrogen) atoms. The molecule has 4 aromatic carbocycles. The van der Waals surface area contributed by atoms with Crippen molar-refractivity contribution in [3.05, 3.63) is 125 Å². The highest BCUT2D eigenvalue weighted by Gasteiger charge is 2.09. The molecule has 0 atom stereocenters. The van der Waals surface area contributed by atoms with Crippen LogP contribution in [0.3, 0.4) is 0 Å². The third kappa shape index (κ3) is 9.24. The van der Waals surface area contributed by atoms with Gasteiger partial charge in [0.2, 0.25) is 0 Å². The highest BCUT2D eigenvalue weighted by molar-refractivity contribution is 7.99. The van der Waals surface area contributed by atoms with Crippen LogP contribution in [0.2, 0.25) is 5.02 Å². The van der Waals surface area contributed by atoms with Gasteiger partial charge in [-0.15, -0.1) is 11.8 Å². The molecule has 6 heteroatoms. The molecule has 0 unspecified atom stereocenters. The quantitative estimate of drug-likeness (QED) is 0.0695. The summed E-state index contributed by atoms with van der Waals surface area (Å²) >= 11 is 9.45. The fraction of sp³-hybridized carbons (Fsp3) is 0.182. The second-order valence-corrected chi connectivity index (χ2v) is 11.8. The third-order valence-corrected chi connectivity index (χ3v) is 8.35. The zero-order valence-electron chi connectivity index (χ0n) is 21.8. The van der Waals surface area contributed by atoms with Crippen molar-refractivity contribution in [1.29, 1.82) is 0 Å². The molecule has 4 aromatic rings. The van der Waals surface area contributed by atoms with Crippen LogP contribution in [-0.2, 0) is 4.79 Å². The van der Waals surface area contributed by atoms with Crippen LogP contribution in [0.5, 0.6) is 0 Å². The maximum atomic E-state index is 12.7. The lowest BCUT2D eigenvalue weighted by molar-refractivity contribution is -0.116. The van der Waals surface area contributed by atoms with Gasteiger partial charge >= 0.3 is 0 Å². The van der Waals surface area contributed by atoms with Gasteiger partial charge in [0.25, 0.3) is 0 Å². The van der Waals surface area contributed by atoms with Crippen LogP contribution in [-0.4, -0.2) is 29.6 Å². The molecule has 0 radical (unpaired) electrons. The van der Waals surface area contributed by atoms with E-state index in [9.17, 15) is 9.59 Å². The molecule has 0 saturated heterocycles. The normalized spacial score (nSPS) is 11.4. The monoisotopic (exact) mass is 571 g/mol. The van der Waals surface area contributed by atoms with Crippen LogP contribution < -0.4 is 0 Å². The van der Waals surface area contributed by atoms with Crippen LogP contribution in [0.15, 0.2) is 123 Å². The Hall–Kier alpha value is -3.12. The van der Waals surface area contributed by atoms with Crippen LogP contribution in [0.1, 0.15) is 47.7 Å². The van der Waals surface area contributed by atoms with Gasteiger partial charge in [-0.3, -0.25) is 14.6 Å². The Labute approximate surface area is 244 Å². The number of Topliss-reactive ketones (excluding diaryl/α,β-unsaturated/α-hetero) is 1. The average Bonchev–Trinajstić information content (AvgIpc) is 2.96. The summed E-state index contributed by atoms with van der Waals surface area (Å²) in [6.45, 7) is 2.12. The number of aliphatic imine (C=N–C) groups is 1. The van der Waals surface area contributed by atoms with Gasteiger partial charge in [0.05, 0.1) is 0 Å². The van der Waals surface area contributed by atoms with Gasteiger partial charge < -0.3 is 0 Å². The summed E-state index contributed by atoms with van der Waals surface area (Å²) in [7, 11) is 0. The van der Waals surface area contributed by atoms with Crippen LogP contribution in [0, 0.1) is 0 Å². The van der Waals surface area contributed by atoms with Gasteiger partial charge in [0, 0.05) is 49.5 Å². The molecular formula is C33H30ClNO2S2. The lowest BCUT2D eigenvalue weighted by atomic mass is 10.0. The van der Waals surface area contributed by atoms with E-state index in [1.54, 1.807) is 18.7 Å². The molecule has 198 valence electrons. The van der Waals surface area contributed by atoms with E-state index in [0.717, 1.165) is 44.7 Å². The van der Waals surface area contributed by atoms with Gasteiger partial charge in [-0.1, -0.05) is 65.8 Å². The second-order valence-electron chi connectivity index (χ2n) is 9.03. The Morgan fingerprint density at radius 2 is 1.26 bits per heavy atom.